The summed E-state index contributed by atoms with van der Waals surface area (Å²) < 4.78 is 0. The molecule has 8 heavy (non-hydrogen) atoms. The lowest BCUT2D eigenvalue weighted by Gasteiger charge is -2.00. The normalized spacial score (nSPS) is 7.88. The molecule has 0 rings (SSSR count). The fraction of sp³-hybridized carbons (Fsp3) is 1.00. The van der Waals surface area contributed by atoms with E-state index in [0.29, 0.717) is 0 Å². The first-order chi connectivity index (χ1) is 3.35. The smallest absolute Gasteiger partial charge is 0.0770 e. The predicted molar refractivity (Wildman–Crippen MR) is 48.5 cm³/mol. The summed E-state index contributed by atoms with van der Waals surface area (Å²) in [6.07, 6.45) is 4.06. The van der Waals surface area contributed by atoms with E-state index >= 15 is 0 Å². The molecule has 0 aromatic carbocycles. The maximum absolute atomic E-state index is 2.26. The predicted octanol–water partition coefficient (Wildman–Crippen LogP) is 1.09. The van der Waals surface area contributed by atoms with Crippen LogP contribution in [0, 0.1) is 0 Å². The van der Waals surface area contributed by atoms with E-state index in [2.05, 4.69) is 20.8 Å². The Labute approximate surface area is 58.2 Å². The van der Waals surface area contributed by atoms with Crippen LogP contribution >= 0.6 is 0 Å². The Kier molecular flexibility index (Phi) is 10.1. The Morgan fingerprint density at radius 3 is 1.12 bits per heavy atom. The number of hydrogen-bond donors (Lipinski definition) is 0. The summed E-state index contributed by atoms with van der Waals surface area (Å²) >= 11 is 0. The molecule has 0 aliphatic heterocycles. The molecule has 0 saturated heterocycles. The van der Waals surface area contributed by atoms with Crippen molar-refractivity contribution in [1.82, 2.24) is 0 Å². The first-order valence-corrected chi connectivity index (χ1v) is 3.35. The molecule has 0 aliphatic carbocycles. The van der Waals surface area contributed by atoms with Crippen LogP contribution in [0.1, 0.15) is 20.8 Å². The van der Waals surface area contributed by atoms with Crippen LogP contribution in [-0.2, 0) is 0 Å². The lowest BCUT2D eigenvalue weighted by molar-refractivity contribution is 1.24. The summed E-state index contributed by atoms with van der Waals surface area (Å²) in [5, 5.41) is 0. The highest BCUT2D eigenvalue weighted by atomic mass is 28.1. The van der Waals surface area contributed by atoms with Crippen molar-refractivity contribution < 1.29 is 0 Å². The Morgan fingerprint density at radius 1 is 0.875 bits per heavy atom. The molecule has 2 heteroatoms. The summed E-state index contributed by atoms with van der Waals surface area (Å²) in [6, 6.07) is 0. The van der Waals surface area contributed by atoms with Crippen molar-refractivity contribution in [3.05, 3.63) is 0 Å². The molecule has 0 heterocycles. The second-order valence-corrected chi connectivity index (χ2v) is 2.09. The first kappa shape index (κ1) is 11.1. The third-order valence-electron chi connectivity index (χ3n) is 1.73. The van der Waals surface area contributed by atoms with Gasteiger partial charge in [0, 0.05) is 0 Å². The standard InChI is InChI=1S/C6H15B.H4Si/c1-4-7(5-2)6-3;/h4-6H2,1-3H3;1H4. The lowest BCUT2D eigenvalue weighted by Crippen LogP contribution is -2.04. The van der Waals surface area contributed by atoms with Gasteiger partial charge in [0.05, 0.1) is 0 Å². The van der Waals surface area contributed by atoms with Crippen molar-refractivity contribution in [1.29, 1.82) is 0 Å². The zero-order valence-corrected chi connectivity index (χ0v) is 5.70. The molecule has 0 saturated carbocycles. The summed E-state index contributed by atoms with van der Waals surface area (Å²) in [7, 11) is 0. The van der Waals surface area contributed by atoms with E-state index in [-0.39, 0.29) is 11.0 Å². The quantitative estimate of drug-likeness (QED) is 0.501. The average molecular weight is 130 g/mol. The van der Waals surface area contributed by atoms with Crippen LogP contribution in [0.15, 0.2) is 0 Å². The van der Waals surface area contributed by atoms with Crippen LogP contribution in [0.25, 0.3) is 0 Å². The molecule has 0 amide bonds. The molecule has 0 nitrogen and oxygen atoms in total. The molecule has 0 spiro atoms. The third-order valence-corrected chi connectivity index (χ3v) is 1.73. The van der Waals surface area contributed by atoms with Gasteiger partial charge in [0.1, 0.15) is 6.71 Å². The topological polar surface area (TPSA) is 0 Å². The van der Waals surface area contributed by atoms with Crippen LogP contribution in [0.2, 0.25) is 19.0 Å². The van der Waals surface area contributed by atoms with Gasteiger partial charge in [0.2, 0.25) is 0 Å². The second-order valence-electron chi connectivity index (χ2n) is 2.09. The third kappa shape index (κ3) is 4.44. The average Bonchev–Trinajstić information content (AvgIpc) is 1.72. The highest BCUT2D eigenvalue weighted by Crippen LogP contribution is 2.01. The van der Waals surface area contributed by atoms with Gasteiger partial charge in [-0.25, -0.2) is 0 Å². The second kappa shape index (κ2) is 7.28. The zero-order chi connectivity index (χ0) is 5.70. The van der Waals surface area contributed by atoms with Crippen molar-refractivity contribution in [2.24, 2.45) is 0 Å². The molecular weight excluding hydrogens is 111 g/mol. The van der Waals surface area contributed by atoms with Gasteiger partial charge >= 0.3 is 0 Å². The summed E-state index contributed by atoms with van der Waals surface area (Å²) in [5.41, 5.74) is 0. The van der Waals surface area contributed by atoms with Crippen molar-refractivity contribution >= 4 is 17.7 Å². The number of rotatable bonds is 3. The highest BCUT2D eigenvalue weighted by molar-refractivity contribution is 6.58. The lowest BCUT2D eigenvalue weighted by atomic mass is 9.44. The molecular formula is C6H19BSi. The minimum atomic E-state index is 0. The minimum absolute atomic E-state index is 0. The van der Waals surface area contributed by atoms with Crippen LogP contribution in [0.3, 0.4) is 0 Å². The summed E-state index contributed by atoms with van der Waals surface area (Å²) in [4.78, 5) is 0. The highest BCUT2D eigenvalue weighted by Gasteiger charge is 2.01. The van der Waals surface area contributed by atoms with Crippen LogP contribution < -0.4 is 0 Å². The van der Waals surface area contributed by atoms with Gasteiger partial charge in [-0.3, -0.25) is 0 Å². The van der Waals surface area contributed by atoms with Gasteiger partial charge in [0.15, 0.2) is 0 Å². The maximum Gasteiger partial charge on any atom is 0.139 e. The van der Waals surface area contributed by atoms with Gasteiger partial charge in [-0.2, -0.15) is 0 Å². The Hall–Kier alpha value is 0.282. The summed E-state index contributed by atoms with van der Waals surface area (Å²) in [5.74, 6) is 0. The van der Waals surface area contributed by atoms with Crippen molar-refractivity contribution in [3.8, 4) is 0 Å². The van der Waals surface area contributed by atoms with Crippen LogP contribution in [0.5, 0.6) is 0 Å². The maximum atomic E-state index is 2.26. The van der Waals surface area contributed by atoms with Gasteiger partial charge in [-0.15, -0.1) is 0 Å². The molecule has 0 atom stereocenters. The van der Waals surface area contributed by atoms with Gasteiger partial charge in [0.25, 0.3) is 0 Å². The van der Waals surface area contributed by atoms with Crippen LogP contribution in [0.4, 0.5) is 0 Å². The Balaban J connectivity index is 0. The zero-order valence-electron chi connectivity index (χ0n) is 5.70. The molecule has 0 bridgehead atoms. The molecule has 0 aliphatic rings. The van der Waals surface area contributed by atoms with E-state index in [1.165, 1.54) is 19.0 Å². The minimum Gasteiger partial charge on any atom is -0.0770 e. The fourth-order valence-electron chi connectivity index (χ4n) is 0.866. The van der Waals surface area contributed by atoms with Gasteiger partial charge < -0.3 is 0 Å². The molecule has 0 aromatic rings. The number of hydrogen-bond acceptors (Lipinski definition) is 0. The van der Waals surface area contributed by atoms with Gasteiger partial charge in [-0.1, -0.05) is 39.7 Å². The van der Waals surface area contributed by atoms with Crippen molar-refractivity contribution in [2.45, 2.75) is 39.7 Å². The molecule has 50 valence electrons. The molecule has 0 aromatic heterocycles. The van der Waals surface area contributed by atoms with E-state index in [1.54, 1.807) is 0 Å². The first-order valence-electron chi connectivity index (χ1n) is 3.35. The molecule has 0 N–H and O–H groups in total. The van der Waals surface area contributed by atoms with Crippen molar-refractivity contribution in [3.63, 3.8) is 0 Å². The van der Waals surface area contributed by atoms with E-state index in [0.717, 1.165) is 6.71 Å². The monoisotopic (exact) mass is 130 g/mol. The van der Waals surface area contributed by atoms with E-state index in [9.17, 15) is 0 Å². The molecule has 0 fully saturated rings. The molecule has 0 radical (unpaired) electrons. The largest absolute Gasteiger partial charge is 0.139 e. The summed E-state index contributed by atoms with van der Waals surface area (Å²) in [6.45, 7) is 7.77. The Morgan fingerprint density at radius 2 is 1.12 bits per heavy atom. The Bertz CT molecular complexity index is 30.0. The van der Waals surface area contributed by atoms with E-state index in [1.807, 2.05) is 0 Å². The van der Waals surface area contributed by atoms with E-state index < -0.39 is 0 Å². The molecule has 0 unspecified atom stereocenters. The van der Waals surface area contributed by atoms with Gasteiger partial charge in [-0.05, 0) is 11.0 Å². The van der Waals surface area contributed by atoms with Crippen molar-refractivity contribution in [2.75, 3.05) is 0 Å². The van der Waals surface area contributed by atoms with Crippen LogP contribution in [-0.4, -0.2) is 17.7 Å². The fourth-order valence-corrected chi connectivity index (χ4v) is 0.866. The SMILES string of the molecule is CCB(CC)CC.[SiH4]. The van der Waals surface area contributed by atoms with E-state index in [4.69, 9.17) is 0 Å².